The van der Waals surface area contributed by atoms with Crippen LogP contribution in [0.1, 0.15) is 42.9 Å². The number of aryl methyl sites for hydroxylation is 1. The highest BCUT2D eigenvalue weighted by molar-refractivity contribution is 7.10. The van der Waals surface area contributed by atoms with Crippen molar-refractivity contribution >= 4 is 11.3 Å². The van der Waals surface area contributed by atoms with E-state index in [0.29, 0.717) is 11.8 Å². The summed E-state index contributed by atoms with van der Waals surface area (Å²) >= 11 is 1.60. The molecule has 0 amide bonds. The Balaban J connectivity index is 2.03. The average molecular weight is 251 g/mol. The summed E-state index contributed by atoms with van der Waals surface area (Å²) in [6.07, 6.45) is 1.91. The smallest absolute Gasteiger partial charge is 0.248 e. The van der Waals surface area contributed by atoms with Gasteiger partial charge in [-0.1, -0.05) is 25.1 Å². The fourth-order valence-electron chi connectivity index (χ4n) is 1.50. The van der Waals surface area contributed by atoms with Gasteiger partial charge in [-0.05, 0) is 23.8 Å². The van der Waals surface area contributed by atoms with Crippen LogP contribution in [-0.4, -0.2) is 10.1 Å². The molecule has 92 valence electrons. The van der Waals surface area contributed by atoms with Crippen molar-refractivity contribution in [2.75, 3.05) is 0 Å². The Bertz CT molecular complexity index is 450. The minimum atomic E-state index is -0.296. The molecular weight excluding hydrogens is 234 g/mol. The maximum atomic E-state index is 6.04. The number of aromatic nitrogens is 2. The first-order valence-electron chi connectivity index (χ1n) is 5.78. The molecule has 0 radical (unpaired) electrons. The predicted octanol–water partition coefficient (Wildman–Crippen LogP) is 2.77. The van der Waals surface area contributed by atoms with Crippen molar-refractivity contribution in [2.45, 2.75) is 32.7 Å². The van der Waals surface area contributed by atoms with Crippen LogP contribution in [0, 0.1) is 5.92 Å². The molecule has 0 fully saturated rings. The first-order chi connectivity index (χ1) is 8.16. The Kier molecular flexibility index (Phi) is 3.91. The van der Waals surface area contributed by atoms with E-state index in [1.165, 1.54) is 0 Å². The Hall–Kier alpha value is -1.20. The Morgan fingerprint density at radius 3 is 2.94 bits per heavy atom. The van der Waals surface area contributed by atoms with Crippen molar-refractivity contribution in [1.82, 2.24) is 10.1 Å². The molecule has 2 aromatic heterocycles. The van der Waals surface area contributed by atoms with E-state index in [4.69, 9.17) is 10.3 Å². The summed E-state index contributed by atoms with van der Waals surface area (Å²) in [5.74, 6) is 1.90. The molecule has 4 nitrogen and oxygen atoms in total. The van der Waals surface area contributed by atoms with E-state index in [9.17, 15) is 0 Å². The number of thiophene rings is 1. The maximum Gasteiger partial charge on any atom is 0.248 e. The summed E-state index contributed by atoms with van der Waals surface area (Å²) in [5.41, 5.74) is 6.04. The minimum Gasteiger partial charge on any atom is -0.337 e. The summed E-state index contributed by atoms with van der Waals surface area (Å²) in [4.78, 5) is 5.39. The summed E-state index contributed by atoms with van der Waals surface area (Å²) in [6.45, 7) is 4.36. The lowest BCUT2D eigenvalue weighted by Gasteiger charge is -2.02. The van der Waals surface area contributed by atoms with Gasteiger partial charge < -0.3 is 10.3 Å². The monoisotopic (exact) mass is 251 g/mol. The van der Waals surface area contributed by atoms with Crippen molar-refractivity contribution < 1.29 is 4.52 Å². The molecule has 1 unspecified atom stereocenters. The van der Waals surface area contributed by atoms with Gasteiger partial charge in [0.25, 0.3) is 0 Å². The molecule has 2 N–H and O–H groups in total. The average Bonchev–Trinajstić information content (AvgIpc) is 2.97. The second kappa shape index (κ2) is 5.42. The molecule has 0 aliphatic carbocycles. The van der Waals surface area contributed by atoms with Gasteiger partial charge in [0, 0.05) is 11.3 Å². The van der Waals surface area contributed by atoms with Crippen LogP contribution < -0.4 is 5.73 Å². The zero-order valence-electron chi connectivity index (χ0n) is 10.1. The number of hydrogen-bond acceptors (Lipinski definition) is 5. The third-order valence-electron chi connectivity index (χ3n) is 2.54. The van der Waals surface area contributed by atoms with Crippen LogP contribution in [0.2, 0.25) is 0 Å². The topological polar surface area (TPSA) is 64.9 Å². The SMILES string of the molecule is CC(C)CCc1noc(C(N)c2cccs2)n1. The fourth-order valence-corrected chi connectivity index (χ4v) is 2.22. The Morgan fingerprint density at radius 1 is 1.47 bits per heavy atom. The van der Waals surface area contributed by atoms with E-state index in [1.54, 1.807) is 11.3 Å². The van der Waals surface area contributed by atoms with Crippen LogP contribution in [-0.2, 0) is 6.42 Å². The van der Waals surface area contributed by atoms with Crippen LogP contribution in [0.3, 0.4) is 0 Å². The summed E-state index contributed by atoms with van der Waals surface area (Å²) < 4.78 is 5.20. The molecule has 2 aromatic rings. The number of rotatable bonds is 5. The van der Waals surface area contributed by atoms with Crippen LogP contribution in [0.15, 0.2) is 22.0 Å². The van der Waals surface area contributed by atoms with E-state index in [2.05, 4.69) is 24.0 Å². The van der Waals surface area contributed by atoms with Crippen molar-refractivity contribution in [2.24, 2.45) is 11.7 Å². The molecule has 0 aliphatic rings. The van der Waals surface area contributed by atoms with Gasteiger partial charge in [0.15, 0.2) is 5.82 Å². The summed E-state index contributed by atoms with van der Waals surface area (Å²) in [7, 11) is 0. The van der Waals surface area contributed by atoms with Crippen LogP contribution in [0.4, 0.5) is 0 Å². The van der Waals surface area contributed by atoms with Gasteiger partial charge in [-0.25, -0.2) is 0 Å². The van der Waals surface area contributed by atoms with Crippen molar-refractivity contribution in [3.63, 3.8) is 0 Å². The predicted molar refractivity (Wildman–Crippen MR) is 67.8 cm³/mol. The molecule has 0 aromatic carbocycles. The van der Waals surface area contributed by atoms with E-state index >= 15 is 0 Å². The van der Waals surface area contributed by atoms with Gasteiger partial charge >= 0.3 is 0 Å². The number of hydrogen-bond donors (Lipinski definition) is 1. The zero-order valence-corrected chi connectivity index (χ0v) is 10.9. The molecule has 0 aliphatic heterocycles. The highest BCUT2D eigenvalue weighted by atomic mass is 32.1. The highest BCUT2D eigenvalue weighted by Crippen LogP contribution is 2.22. The van der Waals surface area contributed by atoms with E-state index in [-0.39, 0.29) is 6.04 Å². The van der Waals surface area contributed by atoms with Crippen LogP contribution in [0.5, 0.6) is 0 Å². The van der Waals surface area contributed by atoms with Gasteiger partial charge in [0.2, 0.25) is 5.89 Å². The van der Waals surface area contributed by atoms with Gasteiger partial charge in [-0.2, -0.15) is 4.98 Å². The standard InChI is InChI=1S/C12H17N3OS/c1-8(2)5-6-10-14-12(16-15-10)11(13)9-4-3-7-17-9/h3-4,7-8,11H,5-6,13H2,1-2H3. The zero-order chi connectivity index (χ0) is 12.3. The molecule has 0 saturated carbocycles. The van der Waals surface area contributed by atoms with E-state index in [1.807, 2.05) is 17.5 Å². The Labute approximate surface area is 105 Å². The normalized spacial score (nSPS) is 13.2. The van der Waals surface area contributed by atoms with Gasteiger partial charge in [-0.3, -0.25) is 0 Å². The molecule has 0 saturated heterocycles. The number of nitrogens with two attached hydrogens (primary N) is 1. The highest BCUT2D eigenvalue weighted by Gasteiger charge is 2.17. The van der Waals surface area contributed by atoms with Crippen molar-refractivity contribution in [3.8, 4) is 0 Å². The summed E-state index contributed by atoms with van der Waals surface area (Å²) in [6, 6.07) is 3.65. The first kappa shape index (κ1) is 12.3. The fraction of sp³-hybridized carbons (Fsp3) is 0.500. The van der Waals surface area contributed by atoms with Crippen molar-refractivity contribution in [3.05, 3.63) is 34.1 Å². The largest absolute Gasteiger partial charge is 0.337 e. The molecule has 0 spiro atoms. The molecule has 0 bridgehead atoms. The molecule has 2 rings (SSSR count). The second-order valence-electron chi connectivity index (χ2n) is 4.47. The quantitative estimate of drug-likeness (QED) is 0.887. The lowest BCUT2D eigenvalue weighted by molar-refractivity contribution is 0.362. The van der Waals surface area contributed by atoms with Gasteiger partial charge in [0.1, 0.15) is 6.04 Å². The molecular formula is C12H17N3OS. The van der Waals surface area contributed by atoms with Gasteiger partial charge in [-0.15, -0.1) is 11.3 Å². The minimum absolute atomic E-state index is 0.296. The lowest BCUT2D eigenvalue weighted by atomic mass is 10.1. The van der Waals surface area contributed by atoms with E-state index < -0.39 is 0 Å². The van der Waals surface area contributed by atoms with E-state index in [0.717, 1.165) is 23.5 Å². The van der Waals surface area contributed by atoms with Crippen LogP contribution in [0.25, 0.3) is 0 Å². The Morgan fingerprint density at radius 2 is 2.29 bits per heavy atom. The van der Waals surface area contributed by atoms with Crippen molar-refractivity contribution in [1.29, 1.82) is 0 Å². The third-order valence-corrected chi connectivity index (χ3v) is 3.50. The third kappa shape index (κ3) is 3.14. The van der Waals surface area contributed by atoms with Gasteiger partial charge in [0.05, 0.1) is 0 Å². The lowest BCUT2D eigenvalue weighted by Crippen LogP contribution is -2.10. The first-order valence-corrected chi connectivity index (χ1v) is 6.66. The van der Waals surface area contributed by atoms with Crippen LogP contribution >= 0.6 is 11.3 Å². The molecule has 17 heavy (non-hydrogen) atoms. The number of nitrogens with zero attached hydrogens (tertiary/aromatic N) is 2. The molecule has 1 atom stereocenters. The second-order valence-corrected chi connectivity index (χ2v) is 5.45. The molecule has 5 heteroatoms. The summed E-state index contributed by atoms with van der Waals surface area (Å²) in [5, 5.41) is 5.95. The molecule has 2 heterocycles. The maximum absolute atomic E-state index is 6.04.